The first-order valence-corrected chi connectivity index (χ1v) is 6.37. The Morgan fingerprint density at radius 2 is 2.31 bits per heavy atom. The lowest BCUT2D eigenvalue weighted by Crippen LogP contribution is -2.38. The molecule has 84 valence electrons. The number of nitrogens with zero attached hydrogens (tertiary/aromatic N) is 2. The third kappa shape index (κ3) is 2.61. The topological polar surface area (TPSA) is 44.1 Å². The van der Waals surface area contributed by atoms with Crippen molar-refractivity contribution in [3.63, 3.8) is 0 Å². The van der Waals surface area contributed by atoms with Crippen LogP contribution in [0.25, 0.3) is 0 Å². The minimum atomic E-state index is 0.144. The normalized spacial score (nSPS) is 17.1. The van der Waals surface area contributed by atoms with Crippen LogP contribution in [-0.4, -0.2) is 23.9 Å². The zero-order valence-electron chi connectivity index (χ0n) is 9.06. The van der Waals surface area contributed by atoms with Gasteiger partial charge in [0.25, 0.3) is 0 Å². The summed E-state index contributed by atoms with van der Waals surface area (Å²) in [6, 6.07) is 6.23. The van der Waals surface area contributed by atoms with E-state index in [2.05, 4.69) is 6.07 Å². The second kappa shape index (κ2) is 5.13. The highest BCUT2D eigenvalue weighted by molar-refractivity contribution is 7.10. The van der Waals surface area contributed by atoms with Gasteiger partial charge in [0.1, 0.15) is 0 Å². The van der Waals surface area contributed by atoms with Crippen molar-refractivity contribution in [2.45, 2.75) is 19.3 Å². The lowest BCUT2D eigenvalue weighted by Gasteiger charge is -2.29. The van der Waals surface area contributed by atoms with Gasteiger partial charge in [0.05, 0.1) is 12.5 Å². The molecule has 2 rings (SSSR count). The third-order valence-corrected chi connectivity index (χ3v) is 3.81. The molecule has 1 fully saturated rings. The number of hydrogen-bond donors (Lipinski definition) is 0. The summed E-state index contributed by atoms with van der Waals surface area (Å²) in [7, 11) is 0. The first-order valence-electron chi connectivity index (χ1n) is 5.49. The minimum Gasteiger partial charge on any atom is -0.342 e. The minimum absolute atomic E-state index is 0.144. The highest BCUT2D eigenvalue weighted by Crippen LogP contribution is 2.18. The Balaban J connectivity index is 1.85. The van der Waals surface area contributed by atoms with E-state index in [4.69, 9.17) is 5.26 Å². The van der Waals surface area contributed by atoms with E-state index in [0.29, 0.717) is 6.42 Å². The molecule has 0 atom stereocenters. The number of amides is 1. The van der Waals surface area contributed by atoms with Crippen LogP contribution in [0.15, 0.2) is 17.5 Å². The quantitative estimate of drug-likeness (QED) is 0.786. The third-order valence-electron chi connectivity index (χ3n) is 2.94. The van der Waals surface area contributed by atoms with E-state index in [1.165, 1.54) is 0 Å². The fourth-order valence-electron chi connectivity index (χ4n) is 1.93. The van der Waals surface area contributed by atoms with Crippen molar-refractivity contribution in [3.8, 4) is 6.07 Å². The Bertz CT molecular complexity index is 386. The van der Waals surface area contributed by atoms with Gasteiger partial charge in [-0.3, -0.25) is 4.79 Å². The lowest BCUT2D eigenvalue weighted by molar-refractivity contribution is -0.131. The lowest BCUT2D eigenvalue weighted by atomic mass is 9.98. The van der Waals surface area contributed by atoms with Crippen LogP contribution in [0.1, 0.15) is 17.7 Å². The van der Waals surface area contributed by atoms with Crippen LogP contribution >= 0.6 is 11.3 Å². The summed E-state index contributed by atoms with van der Waals surface area (Å²) in [6.45, 7) is 1.48. The van der Waals surface area contributed by atoms with Crippen molar-refractivity contribution < 1.29 is 4.79 Å². The maximum Gasteiger partial charge on any atom is 0.227 e. The Kier molecular flexibility index (Phi) is 3.58. The van der Waals surface area contributed by atoms with Gasteiger partial charge >= 0.3 is 0 Å². The summed E-state index contributed by atoms with van der Waals surface area (Å²) >= 11 is 1.62. The van der Waals surface area contributed by atoms with E-state index < -0.39 is 0 Å². The first-order chi connectivity index (χ1) is 7.79. The van der Waals surface area contributed by atoms with Crippen LogP contribution in [0.4, 0.5) is 0 Å². The number of carbonyl (C=O) groups is 1. The number of hydrogen-bond acceptors (Lipinski definition) is 3. The highest BCUT2D eigenvalue weighted by Gasteiger charge is 2.22. The number of rotatable bonds is 2. The van der Waals surface area contributed by atoms with Crippen LogP contribution in [0.2, 0.25) is 0 Å². The molecule has 0 radical (unpaired) electrons. The molecule has 1 saturated heterocycles. The van der Waals surface area contributed by atoms with Gasteiger partial charge in [-0.25, -0.2) is 0 Å². The summed E-state index contributed by atoms with van der Waals surface area (Å²) in [5, 5.41) is 10.8. The van der Waals surface area contributed by atoms with Gasteiger partial charge in [0.15, 0.2) is 0 Å². The summed E-state index contributed by atoms with van der Waals surface area (Å²) < 4.78 is 0. The fourth-order valence-corrected chi connectivity index (χ4v) is 2.63. The van der Waals surface area contributed by atoms with E-state index in [1.807, 2.05) is 22.4 Å². The van der Waals surface area contributed by atoms with E-state index in [-0.39, 0.29) is 11.8 Å². The van der Waals surface area contributed by atoms with Crippen LogP contribution in [0, 0.1) is 17.2 Å². The van der Waals surface area contributed by atoms with Gasteiger partial charge < -0.3 is 4.90 Å². The van der Waals surface area contributed by atoms with E-state index >= 15 is 0 Å². The first kappa shape index (κ1) is 11.2. The molecule has 0 bridgehead atoms. The molecule has 4 heteroatoms. The molecule has 1 aromatic heterocycles. The molecule has 1 amide bonds. The van der Waals surface area contributed by atoms with Crippen LogP contribution in [0.5, 0.6) is 0 Å². The van der Waals surface area contributed by atoms with E-state index in [1.54, 1.807) is 11.3 Å². The second-order valence-corrected chi connectivity index (χ2v) is 5.07. The van der Waals surface area contributed by atoms with Gasteiger partial charge in [-0.15, -0.1) is 11.3 Å². The average molecular weight is 234 g/mol. The molecular weight excluding hydrogens is 220 g/mol. The number of likely N-dealkylation sites (tertiary alicyclic amines) is 1. The van der Waals surface area contributed by atoms with Crippen molar-refractivity contribution in [1.82, 2.24) is 4.90 Å². The van der Waals surface area contributed by atoms with Gasteiger partial charge in [-0.2, -0.15) is 5.26 Å². The fraction of sp³-hybridized carbons (Fsp3) is 0.500. The van der Waals surface area contributed by atoms with Gasteiger partial charge in [0.2, 0.25) is 5.91 Å². The SMILES string of the molecule is N#CC1CCN(C(=O)Cc2cccs2)CC1. The molecule has 0 unspecified atom stereocenters. The standard InChI is InChI=1S/C12H14N2OS/c13-9-10-3-5-14(6-4-10)12(15)8-11-2-1-7-16-11/h1-2,7,10H,3-6,8H2. The molecule has 0 aliphatic carbocycles. The number of piperidine rings is 1. The second-order valence-electron chi connectivity index (χ2n) is 4.04. The van der Waals surface area contributed by atoms with E-state index in [9.17, 15) is 4.79 Å². The summed E-state index contributed by atoms with van der Waals surface area (Å²) in [4.78, 5) is 14.9. The van der Waals surface area contributed by atoms with Crippen molar-refractivity contribution in [3.05, 3.63) is 22.4 Å². The largest absolute Gasteiger partial charge is 0.342 e. The molecule has 1 aliphatic rings. The molecule has 0 N–H and O–H groups in total. The zero-order chi connectivity index (χ0) is 11.4. The van der Waals surface area contributed by atoms with Crippen LogP contribution in [-0.2, 0) is 11.2 Å². The molecule has 2 heterocycles. The maximum absolute atomic E-state index is 11.9. The molecule has 0 spiro atoms. The monoisotopic (exact) mass is 234 g/mol. The van der Waals surface area contributed by atoms with Crippen molar-refractivity contribution in [2.24, 2.45) is 5.92 Å². The Morgan fingerprint density at radius 1 is 1.56 bits per heavy atom. The molecule has 3 nitrogen and oxygen atoms in total. The summed E-state index contributed by atoms with van der Waals surface area (Å²) in [5.41, 5.74) is 0. The van der Waals surface area contributed by atoms with Crippen molar-refractivity contribution in [1.29, 1.82) is 5.26 Å². The molecule has 16 heavy (non-hydrogen) atoms. The van der Waals surface area contributed by atoms with E-state index in [0.717, 1.165) is 30.8 Å². The van der Waals surface area contributed by atoms with Crippen LogP contribution < -0.4 is 0 Å². The maximum atomic E-state index is 11.9. The zero-order valence-corrected chi connectivity index (χ0v) is 9.87. The highest BCUT2D eigenvalue weighted by atomic mass is 32.1. The number of nitriles is 1. The predicted molar refractivity (Wildman–Crippen MR) is 62.9 cm³/mol. The van der Waals surface area contributed by atoms with Gasteiger partial charge in [-0.1, -0.05) is 6.07 Å². The van der Waals surface area contributed by atoms with Crippen LogP contribution in [0.3, 0.4) is 0 Å². The predicted octanol–water partition coefficient (Wildman–Crippen LogP) is 2.05. The summed E-state index contributed by atoms with van der Waals surface area (Å²) in [5.74, 6) is 0.338. The Hall–Kier alpha value is -1.34. The molecule has 1 aromatic rings. The Labute approximate surface area is 99.3 Å². The van der Waals surface area contributed by atoms with Gasteiger partial charge in [-0.05, 0) is 24.3 Å². The average Bonchev–Trinajstić information content (AvgIpc) is 2.82. The molecular formula is C12H14N2OS. The smallest absolute Gasteiger partial charge is 0.227 e. The molecule has 1 aliphatic heterocycles. The Morgan fingerprint density at radius 3 is 2.88 bits per heavy atom. The number of thiophene rings is 1. The summed E-state index contributed by atoms with van der Waals surface area (Å²) in [6.07, 6.45) is 2.16. The molecule has 0 saturated carbocycles. The van der Waals surface area contributed by atoms with Crippen molar-refractivity contribution >= 4 is 17.2 Å². The number of carbonyl (C=O) groups excluding carboxylic acids is 1. The van der Waals surface area contributed by atoms with Gasteiger partial charge in [0, 0.05) is 23.9 Å². The molecule has 0 aromatic carbocycles. The van der Waals surface area contributed by atoms with Crippen molar-refractivity contribution in [2.75, 3.05) is 13.1 Å².